The lowest BCUT2D eigenvalue weighted by atomic mass is 9.86. The van der Waals surface area contributed by atoms with Crippen LogP contribution in [-0.2, 0) is 14.3 Å². The largest absolute Gasteiger partial charge is 0.405 e. The van der Waals surface area contributed by atoms with Crippen LogP contribution in [-0.4, -0.2) is 57.1 Å². The molecule has 28 heavy (non-hydrogen) atoms. The number of carbonyl (C=O) groups is 1. The van der Waals surface area contributed by atoms with Crippen molar-refractivity contribution in [2.24, 2.45) is 16.8 Å². The molecule has 1 heterocycles. The van der Waals surface area contributed by atoms with Crippen LogP contribution in [0.4, 0.5) is 13.2 Å². The molecule has 162 valence electrons. The van der Waals surface area contributed by atoms with Crippen LogP contribution in [0.25, 0.3) is 0 Å². The smallest absolute Gasteiger partial charge is 0.384 e. The maximum atomic E-state index is 12.8. The van der Waals surface area contributed by atoms with Gasteiger partial charge in [0.05, 0.1) is 6.10 Å². The van der Waals surface area contributed by atoms with Crippen LogP contribution in [0.1, 0.15) is 45.4 Å². The summed E-state index contributed by atoms with van der Waals surface area (Å²) in [6.45, 7) is 2.41. The summed E-state index contributed by atoms with van der Waals surface area (Å²) in [7, 11) is 3.25. The third-order valence-electron chi connectivity index (χ3n) is 5.23. The van der Waals surface area contributed by atoms with E-state index in [4.69, 9.17) is 9.47 Å². The molecule has 0 aromatic rings. The molecule has 0 spiro atoms. The van der Waals surface area contributed by atoms with Gasteiger partial charge in [0.25, 0.3) is 0 Å². The van der Waals surface area contributed by atoms with Crippen molar-refractivity contribution in [2.45, 2.75) is 69.9 Å². The highest BCUT2D eigenvalue weighted by Crippen LogP contribution is 2.27. The maximum absolute atomic E-state index is 12.8. The fourth-order valence-electron chi connectivity index (χ4n) is 3.64. The van der Waals surface area contributed by atoms with Gasteiger partial charge in [0.1, 0.15) is 18.0 Å². The van der Waals surface area contributed by atoms with Gasteiger partial charge in [-0.15, -0.1) is 0 Å². The summed E-state index contributed by atoms with van der Waals surface area (Å²) in [6.07, 6.45) is -1.61. The molecular formula is C18H31F3N4O3. The van der Waals surface area contributed by atoms with Crippen LogP contribution >= 0.6 is 0 Å². The number of nitrogens with one attached hydrogen (secondary N) is 3. The number of amidine groups is 1. The summed E-state index contributed by atoms with van der Waals surface area (Å²) in [5.41, 5.74) is 4.78. The number of hydrogen-bond acceptors (Lipinski definition) is 6. The molecule has 1 aliphatic heterocycles. The minimum absolute atomic E-state index is 0.0704. The zero-order chi connectivity index (χ0) is 20.7. The van der Waals surface area contributed by atoms with Crippen molar-refractivity contribution in [2.75, 3.05) is 20.8 Å². The second kappa shape index (κ2) is 10.5. The highest BCUT2D eigenvalue weighted by Gasteiger charge is 2.44. The van der Waals surface area contributed by atoms with Gasteiger partial charge >= 0.3 is 6.18 Å². The highest BCUT2D eigenvalue weighted by molar-refractivity contribution is 5.99. The Morgan fingerprint density at radius 1 is 1.21 bits per heavy atom. The number of rotatable bonds is 7. The molecule has 1 saturated heterocycles. The van der Waals surface area contributed by atoms with Gasteiger partial charge < -0.3 is 14.8 Å². The standard InChI is InChI=1S/C18H31F3N4O3/c1-11(10-27-2)8-15(22-16-9-14(24-25-16)18(19,20)21)23-17(26)12-4-6-13(28-3)7-5-12/h11-14,16,24-25H,4-10H2,1-3H3,(H,22,23,26)/t11-,12?,13?,14?,16?/m1/s1. The van der Waals surface area contributed by atoms with E-state index in [0.29, 0.717) is 18.9 Å². The lowest BCUT2D eigenvalue weighted by Crippen LogP contribution is -2.42. The average Bonchev–Trinajstić information content (AvgIpc) is 3.10. The molecule has 0 aromatic carbocycles. The van der Waals surface area contributed by atoms with Crippen molar-refractivity contribution in [3.8, 4) is 0 Å². The van der Waals surface area contributed by atoms with Crippen molar-refractivity contribution in [1.82, 2.24) is 16.2 Å². The van der Waals surface area contributed by atoms with Crippen molar-refractivity contribution in [1.29, 1.82) is 0 Å². The van der Waals surface area contributed by atoms with E-state index in [1.54, 1.807) is 14.2 Å². The van der Waals surface area contributed by atoms with Crippen LogP contribution in [0.3, 0.4) is 0 Å². The number of hydrazine groups is 1. The van der Waals surface area contributed by atoms with E-state index >= 15 is 0 Å². The minimum Gasteiger partial charge on any atom is -0.384 e. The van der Waals surface area contributed by atoms with Gasteiger partial charge in [-0.2, -0.15) is 13.2 Å². The predicted molar refractivity (Wildman–Crippen MR) is 98.5 cm³/mol. The first kappa shape index (κ1) is 23.1. The van der Waals surface area contributed by atoms with Crippen molar-refractivity contribution in [3.05, 3.63) is 0 Å². The summed E-state index contributed by atoms with van der Waals surface area (Å²) >= 11 is 0. The van der Waals surface area contributed by atoms with Gasteiger partial charge in [0.2, 0.25) is 5.91 Å². The Kier molecular flexibility index (Phi) is 8.66. The zero-order valence-corrected chi connectivity index (χ0v) is 16.6. The highest BCUT2D eigenvalue weighted by atomic mass is 19.4. The number of methoxy groups -OCH3 is 2. The van der Waals surface area contributed by atoms with Gasteiger partial charge in [-0.1, -0.05) is 6.92 Å². The molecule has 2 aliphatic rings. The normalized spacial score (nSPS) is 30.3. The molecule has 3 atom stereocenters. The molecule has 0 radical (unpaired) electrons. The zero-order valence-electron chi connectivity index (χ0n) is 16.6. The lowest BCUT2D eigenvalue weighted by molar-refractivity contribution is -0.153. The molecule has 2 unspecified atom stereocenters. The molecule has 1 saturated carbocycles. The van der Waals surface area contributed by atoms with Crippen LogP contribution in [0.5, 0.6) is 0 Å². The summed E-state index contributed by atoms with van der Waals surface area (Å²) in [6, 6.07) is -1.65. The van der Waals surface area contributed by atoms with Gasteiger partial charge in [0, 0.05) is 39.6 Å². The molecule has 10 heteroatoms. The van der Waals surface area contributed by atoms with Gasteiger partial charge in [-0.05, 0) is 31.6 Å². The number of halogens is 3. The van der Waals surface area contributed by atoms with E-state index in [2.05, 4.69) is 21.2 Å². The third-order valence-corrected chi connectivity index (χ3v) is 5.23. The molecule has 2 rings (SSSR count). The van der Waals surface area contributed by atoms with Gasteiger partial charge in [-0.25, -0.2) is 10.9 Å². The first-order chi connectivity index (χ1) is 13.2. The third kappa shape index (κ3) is 6.98. The molecule has 0 bridgehead atoms. The first-order valence-electron chi connectivity index (χ1n) is 9.70. The van der Waals surface area contributed by atoms with Crippen LogP contribution < -0.4 is 16.2 Å². The van der Waals surface area contributed by atoms with E-state index in [1.807, 2.05) is 6.92 Å². The molecule has 0 aromatic heterocycles. The Bertz CT molecular complexity index is 537. The number of carbonyl (C=O) groups excluding carboxylic acids is 1. The SMILES string of the molecule is COC[C@H](C)C/C(=N\C1CC(C(F)(F)F)NN1)NC(=O)C1CCC(OC)CC1. The second-order valence-electron chi connectivity index (χ2n) is 7.67. The van der Waals surface area contributed by atoms with Crippen molar-refractivity contribution < 1.29 is 27.4 Å². The molecule has 7 nitrogen and oxygen atoms in total. The molecule has 2 fully saturated rings. The number of aliphatic imine (C=N–C) groups is 1. The van der Waals surface area contributed by atoms with E-state index in [9.17, 15) is 18.0 Å². The molecule has 3 N–H and O–H groups in total. The number of nitrogens with zero attached hydrogens (tertiary/aromatic N) is 1. The molecule has 1 aliphatic carbocycles. The quantitative estimate of drug-likeness (QED) is 0.444. The number of alkyl halides is 3. The number of hydrogen-bond donors (Lipinski definition) is 3. The van der Waals surface area contributed by atoms with Crippen LogP contribution in [0.15, 0.2) is 4.99 Å². The summed E-state index contributed by atoms with van der Waals surface area (Å²) in [5, 5.41) is 2.86. The Morgan fingerprint density at radius 2 is 1.89 bits per heavy atom. The van der Waals surface area contributed by atoms with E-state index in [0.717, 1.165) is 25.7 Å². The van der Waals surface area contributed by atoms with E-state index in [1.165, 1.54) is 0 Å². The molecule has 1 amide bonds. The fraction of sp³-hybridized carbons (Fsp3) is 0.889. The van der Waals surface area contributed by atoms with E-state index < -0.39 is 18.4 Å². The Labute approximate surface area is 163 Å². The number of ether oxygens (including phenoxy) is 2. The predicted octanol–water partition coefficient (Wildman–Crippen LogP) is 2.13. The van der Waals surface area contributed by atoms with Crippen molar-refractivity contribution in [3.63, 3.8) is 0 Å². The summed E-state index contributed by atoms with van der Waals surface area (Å²) in [4.78, 5) is 17.0. The Balaban J connectivity index is 2.00. The summed E-state index contributed by atoms with van der Waals surface area (Å²) < 4.78 is 49.0. The van der Waals surface area contributed by atoms with Crippen molar-refractivity contribution >= 4 is 11.7 Å². The summed E-state index contributed by atoms with van der Waals surface area (Å²) in [5.74, 6) is 0.203. The second-order valence-corrected chi connectivity index (χ2v) is 7.67. The maximum Gasteiger partial charge on any atom is 0.405 e. The van der Waals surface area contributed by atoms with E-state index in [-0.39, 0.29) is 30.3 Å². The average molecular weight is 408 g/mol. The van der Waals surface area contributed by atoms with Gasteiger partial charge in [-0.3, -0.25) is 9.79 Å². The fourth-order valence-corrected chi connectivity index (χ4v) is 3.64. The van der Waals surface area contributed by atoms with Crippen LogP contribution in [0, 0.1) is 11.8 Å². The topological polar surface area (TPSA) is 84.0 Å². The Hall–Kier alpha value is -1.23. The first-order valence-corrected chi connectivity index (χ1v) is 9.70. The van der Waals surface area contributed by atoms with Crippen LogP contribution in [0.2, 0.25) is 0 Å². The minimum atomic E-state index is -4.34. The lowest BCUT2D eigenvalue weighted by Gasteiger charge is -2.27. The Morgan fingerprint density at radius 3 is 2.43 bits per heavy atom. The van der Waals surface area contributed by atoms with Gasteiger partial charge in [0.15, 0.2) is 0 Å². The number of amides is 1. The monoisotopic (exact) mass is 408 g/mol. The molecular weight excluding hydrogens is 377 g/mol.